The van der Waals surface area contributed by atoms with Crippen LogP contribution in [0.25, 0.3) is 0 Å². The molecule has 0 atom stereocenters. The quantitative estimate of drug-likeness (QED) is 0.867. The largest absolute Gasteiger partial charge is 0.341 e. The van der Waals surface area contributed by atoms with Crippen LogP contribution in [0.3, 0.4) is 0 Å². The second kappa shape index (κ2) is 6.36. The fraction of sp³-hybridized carbons (Fsp3) is 0.444. The van der Waals surface area contributed by atoms with Crippen LogP contribution in [0.5, 0.6) is 0 Å². The van der Waals surface area contributed by atoms with Crippen LogP contribution in [0.15, 0.2) is 30.3 Å². The summed E-state index contributed by atoms with van der Waals surface area (Å²) in [6.07, 6.45) is 3.90. The number of benzene rings is 1. The van der Waals surface area contributed by atoms with Crippen LogP contribution in [-0.4, -0.2) is 16.1 Å². The molecule has 1 fully saturated rings. The lowest BCUT2D eigenvalue weighted by atomic mass is 9.71. The zero-order valence-corrected chi connectivity index (χ0v) is 14.3. The Morgan fingerprint density at radius 2 is 2.04 bits per heavy atom. The van der Waals surface area contributed by atoms with Crippen LogP contribution in [0.1, 0.15) is 54.9 Å². The summed E-state index contributed by atoms with van der Waals surface area (Å²) in [6, 6.07) is 9.59. The smallest absolute Gasteiger partial charge is 0.272 e. The van der Waals surface area contributed by atoms with Gasteiger partial charge in [0.15, 0.2) is 0 Å². The first-order valence-corrected chi connectivity index (χ1v) is 8.49. The first kappa shape index (κ1) is 16.1. The van der Waals surface area contributed by atoms with Gasteiger partial charge in [0.2, 0.25) is 0 Å². The van der Waals surface area contributed by atoms with E-state index < -0.39 is 0 Å². The van der Waals surface area contributed by atoms with E-state index in [-0.39, 0.29) is 11.4 Å². The highest BCUT2D eigenvalue weighted by molar-refractivity contribution is 6.30. The molecule has 1 aliphatic rings. The SMILES string of the molecule is CC(C)Cc1cc(C(=O)NC2(c3ccc(Cl)cc3)CCC2)n[nH]1. The van der Waals surface area contributed by atoms with Crippen molar-refractivity contribution in [2.75, 3.05) is 0 Å². The molecule has 0 radical (unpaired) electrons. The zero-order chi connectivity index (χ0) is 16.4. The van der Waals surface area contributed by atoms with Gasteiger partial charge in [0, 0.05) is 10.7 Å². The van der Waals surface area contributed by atoms with Crippen LogP contribution in [-0.2, 0) is 12.0 Å². The molecule has 0 saturated heterocycles. The average Bonchev–Trinajstić information content (AvgIpc) is 2.91. The Morgan fingerprint density at radius 3 is 2.61 bits per heavy atom. The van der Waals surface area contributed by atoms with Crippen molar-refractivity contribution in [3.8, 4) is 0 Å². The van der Waals surface area contributed by atoms with Gasteiger partial charge in [0.1, 0.15) is 5.69 Å². The van der Waals surface area contributed by atoms with E-state index in [1.165, 1.54) is 0 Å². The number of H-pyrrole nitrogens is 1. The third kappa shape index (κ3) is 3.42. The van der Waals surface area contributed by atoms with Gasteiger partial charge in [-0.2, -0.15) is 5.10 Å². The van der Waals surface area contributed by atoms with Crippen LogP contribution in [0.4, 0.5) is 0 Å². The van der Waals surface area contributed by atoms with Crippen molar-refractivity contribution in [1.82, 2.24) is 15.5 Å². The standard InChI is InChI=1S/C18H22ClN3O/c1-12(2)10-15-11-16(22-21-15)17(23)20-18(8-3-9-18)13-4-6-14(19)7-5-13/h4-7,11-12H,3,8-10H2,1-2H3,(H,20,23)(H,21,22). The number of carbonyl (C=O) groups excluding carboxylic acids is 1. The highest BCUT2D eigenvalue weighted by Crippen LogP contribution is 2.41. The third-order valence-electron chi connectivity index (χ3n) is 4.45. The lowest BCUT2D eigenvalue weighted by molar-refractivity contribution is 0.0818. The lowest BCUT2D eigenvalue weighted by Crippen LogP contribution is -2.50. The molecular formula is C18H22ClN3O. The first-order valence-electron chi connectivity index (χ1n) is 8.11. The van der Waals surface area contributed by atoms with Crippen LogP contribution < -0.4 is 5.32 Å². The normalized spacial score (nSPS) is 16.2. The van der Waals surface area contributed by atoms with Gasteiger partial charge in [-0.05, 0) is 55.4 Å². The lowest BCUT2D eigenvalue weighted by Gasteiger charge is -2.43. The second-order valence-electron chi connectivity index (χ2n) is 6.77. The second-order valence-corrected chi connectivity index (χ2v) is 7.21. The highest BCUT2D eigenvalue weighted by Gasteiger charge is 2.40. The number of aromatic amines is 1. The molecule has 2 N–H and O–H groups in total. The Kier molecular flexibility index (Phi) is 4.44. The average molecular weight is 332 g/mol. The van der Waals surface area contributed by atoms with Gasteiger partial charge in [-0.25, -0.2) is 0 Å². The number of nitrogens with zero attached hydrogens (tertiary/aromatic N) is 1. The Hall–Kier alpha value is -1.81. The van der Waals surface area contributed by atoms with Crippen molar-refractivity contribution in [1.29, 1.82) is 0 Å². The maximum Gasteiger partial charge on any atom is 0.272 e. The molecule has 0 aliphatic heterocycles. The van der Waals surface area contributed by atoms with E-state index in [1.807, 2.05) is 30.3 Å². The zero-order valence-electron chi connectivity index (χ0n) is 13.5. The predicted molar refractivity (Wildman–Crippen MR) is 91.6 cm³/mol. The van der Waals surface area contributed by atoms with Gasteiger partial charge < -0.3 is 5.32 Å². The monoisotopic (exact) mass is 331 g/mol. The molecule has 1 saturated carbocycles. The molecule has 5 heteroatoms. The maximum atomic E-state index is 12.6. The minimum atomic E-state index is -0.279. The van der Waals surface area contributed by atoms with Crippen molar-refractivity contribution in [3.63, 3.8) is 0 Å². The van der Waals surface area contributed by atoms with Crippen LogP contribution in [0, 0.1) is 5.92 Å². The molecule has 3 rings (SSSR count). The molecule has 0 unspecified atom stereocenters. The highest BCUT2D eigenvalue weighted by atomic mass is 35.5. The summed E-state index contributed by atoms with van der Waals surface area (Å²) >= 11 is 5.97. The summed E-state index contributed by atoms with van der Waals surface area (Å²) in [7, 11) is 0. The topological polar surface area (TPSA) is 57.8 Å². The molecule has 0 spiro atoms. The number of aromatic nitrogens is 2. The molecule has 122 valence electrons. The van der Waals surface area contributed by atoms with Gasteiger partial charge in [0.05, 0.1) is 5.54 Å². The maximum absolute atomic E-state index is 12.6. The molecule has 2 aromatic rings. The molecular weight excluding hydrogens is 310 g/mol. The summed E-state index contributed by atoms with van der Waals surface area (Å²) in [5.41, 5.74) is 2.29. The van der Waals surface area contributed by atoms with E-state index in [1.54, 1.807) is 0 Å². The minimum Gasteiger partial charge on any atom is -0.341 e. The molecule has 1 aromatic heterocycles. The molecule has 1 aliphatic carbocycles. The van der Waals surface area contributed by atoms with Crippen molar-refractivity contribution >= 4 is 17.5 Å². The number of amides is 1. The van der Waals surface area contributed by atoms with Gasteiger partial charge in [-0.15, -0.1) is 0 Å². The summed E-state index contributed by atoms with van der Waals surface area (Å²) in [5.74, 6) is 0.407. The van der Waals surface area contributed by atoms with E-state index in [9.17, 15) is 4.79 Å². The third-order valence-corrected chi connectivity index (χ3v) is 4.70. The Morgan fingerprint density at radius 1 is 1.35 bits per heavy atom. The van der Waals surface area contributed by atoms with E-state index in [0.29, 0.717) is 16.6 Å². The van der Waals surface area contributed by atoms with Gasteiger partial charge in [-0.3, -0.25) is 9.89 Å². The van der Waals surface area contributed by atoms with E-state index in [4.69, 9.17) is 11.6 Å². The van der Waals surface area contributed by atoms with Gasteiger partial charge >= 0.3 is 0 Å². The van der Waals surface area contributed by atoms with Crippen molar-refractivity contribution in [2.45, 2.75) is 45.1 Å². The number of rotatable bonds is 5. The molecule has 0 bridgehead atoms. The molecule has 23 heavy (non-hydrogen) atoms. The molecule has 1 aromatic carbocycles. The van der Waals surface area contributed by atoms with E-state index >= 15 is 0 Å². The Balaban J connectivity index is 1.75. The number of halogens is 1. The summed E-state index contributed by atoms with van der Waals surface area (Å²) in [4.78, 5) is 12.6. The molecule has 1 heterocycles. The summed E-state index contributed by atoms with van der Waals surface area (Å²) in [6.45, 7) is 4.29. The van der Waals surface area contributed by atoms with Crippen molar-refractivity contribution < 1.29 is 4.79 Å². The van der Waals surface area contributed by atoms with E-state index in [0.717, 1.165) is 36.9 Å². The van der Waals surface area contributed by atoms with E-state index in [2.05, 4.69) is 29.4 Å². The molecule has 1 amide bonds. The van der Waals surface area contributed by atoms with Crippen molar-refractivity contribution in [2.24, 2.45) is 5.92 Å². The van der Waals surface area contributed by atoms with Gasteiger partial charge in [0.25, 0.3) is 5.91 Å². The van der Waals surface area contributed by atoms with Crippen molar-refractivity contribution in [3.05, 3.63) is 52.3 Å². The number of hydrogen-bond acceptors (Lipinski definition) is 2. The fourth-order valence-corrected chi connectivity index (χ4v) is 3.21. The molecule has 4 nitrogen and oxygen atoms in total. The Labute approximate surface area is 141 Å². The fourth-order valence-electron chi connectivity index (χ4n) is 3.09. The number of hydrogen-bond donors (Lipinski definition) is 2. The number of nitrogens with one attached hydrogen (secondary N) is 2. The summed E-state index contributed by atoms with van der Waals surface area (Å²) < 4.78 is 0. The first-order chi connectivity index (χ1) is 11.0. The van der Waals surface area contributed by atoms with Crippen LogP contribution in [0.2, 0.25) is 5.02 Å². The van der Waals surface area contributed by atoms with Gasteiger partial charge in [-0.1, -0.05) is 37.6 Å². The number of carbonyl (C=O) groups is 1. The van der Waals surface area contributed by atoms with Crippen LogP contribution >= 0.6 is 11.6 Å². The predicted octanol–water partition coefficient (Wildman–Crippen LogP) is 4.07. The summed E-state index contributed by atoms with van der Waals surface area (Å²) in [5, 5.41) is 11.0. The Bertz CT molecular complexity index is 687. The minimum absolute atomic E-state index is 0.120.